The molecule has 1 N–H and O–H groups in total. The lowest BCUT2D eigenvalue weighted by Crippen LogP contribution is -2.43. The summed E-state index contributed by atoms with van der Waals surface area (Å²) < 4.78 is 27.1. The minimum Gasteiger partial charge on any atom is -0.348 e. The number of halogens is 2. The molecule has 22 heavy (non-hydrogen) atoms. The van der Waals surface area contributed by atoms with E-state index < -0.39 is 17.7 Å². The van der Waals surface area contributed by atoms with Crippen molar-refractivity contribution in [1.29, 1.82) is 0 Å². The van der Waals surface area contributed by atoms with Gasteiger partial charge in [0.05, 0.1) is 12.6 Å². The largest absolute Gasteiger partial charge is 0.348 e. The van der Waals surface area contributed by atoms with Gasteiger partial charge in [0.25, 0.3) is 0 Å². The molecule has 1 atom stereocenters. The maximum absolute atomic E-state index is 13.8. The van der Waals surface area contributed by atoms with E-state index in [0.717, 1.165) is 31.0 Å². The Balaban J connectivity index is 2.01. The van der Waals surface area contributed by atoms with Crippen LogP contribution >= 0.6 is 0 Å². The molecule has 4 nitrogen and oxygen atoms in total. The third-order valence-electron chi connectivity index (χ3n) is 3.83. The first-order chi connectivity index (χ1) is 10.5. The molecule has 1 aromatic carbocycles. The Hall–Kier alpha value is -1.98. The zero-order chi connectivity index (χ0) is 16.1. The van der Waals surface area contributed by atoms with Crippen LogP contribution in [0.4, 0.5) is 8.78 Å². The van der Waals surface area contributed by atoms with E-state index in [0.29, 0.717) is 19.4 Å². The normalized spacial score (nSPS) is 16.5. The summed E-state index contributed by atoms with van der Waals surface area (Å²) in [6.07, 6.45) is 2.63. The van der Waals surface area contributed by atoms with E-state index >= 15 is 0 Å². The second kappa shape index (κ2) is 7.33. The Kier molecular flexibility index (Phi) is 5.46. The Labute approximate surface area is 128 Å². The average Bonchev–Trinajstić information content (AvgIpc) is 2.50. The van der Waals surface area contributed by atoms with Gasteiger partial charge in [0, 0.05) is 18.5 Å². The van der Waals surface area contributed by atoms with E-state index in [1.807, 2.05) is 0 Å². The van der Waals surface area contributed by atoms with Crippen molar-refractivity contribution < 1.29 is 18.4 Å². The highest BCUT2D eigenvalue weighted by molar-refractivity contribution is 5.85. The van der Waals surface area contributed by atoms with E-state index in [1.54, 1.807) is 6.92 Å². The van der Waals surface area contributed by atoms with Gasteiger partial charge in [-0.15, -0.1) is 0 Å². The Morgan fingerprint density at radius 2 is 2.14 bits per heavy atom. The summed E-state index contributed by atoms with van der Waals surface area (Å²) in [6, 6.07) is 2.58. The van der Waals surface area contributed by atoms with Gasteiger partial charge in [0.1, 0.15) is 11.6 Å². The lowest BCUT2D eigenvalue weighted by Gasteiger charge is -2.27. The van der Waals surface area contributed by atoms with Crippen molar-refractivity contribution in [2.45, 2.75) is 38.6 Å². The Bertz CT molecular complexity index is 563. The summed E-state index contributed by atoms with van der Waals surface area (Å²) >= 11 is 0. The Morgan fingerprint density at radius 1 is 1.36 bits per heavy atom. The van der Waals surface area contributed by atoms with Crippen LogP contribution in [0.15, 0.2) is 18.2 Å². The van der Waals surface area contributed by atoms with Crippen molar-refractivity contribution in [2.75, 3.05) is 13.1 Å². The molecule has 2 amide bonds. The fraction of sp³-hybridized carbons (Fsp3) is 0.500. The van der Waals surface area contributed by atoms with Crippen LogP contribution in [0.2, 0.25) is 0 Å². The SMILES string of the molecule is CCC(NC(=O)CN1CCCCC1=O)c1cc(F)ccc1F. The van der Waals surface area contributed by atoms with Gasteiger partial charge in [-0.1, -0.05) is 6.92 Å². The lowest BCUT2D eigenvalue weighted by molar-refractivity contribution is -0.138. The van der Waals surface area contributed by atoms with E-state index in [-0.39, 0.29) is 23.9 Å². The summed E-state index contributed by atoms with van der Waals surface area (Å²) in [6.45, 7) is 2.31. The molecular formula is C16H20F2N2O2. The summed E-state index contributed by atoms with van der Waals surface area (Å²) in [5.41, 5.74) is 0.126. The molecule has 1 saturated heterocycles. The number of likely N-dealkylation sites (tertiary alicyclic amines) is 1. The van der Waals surface area contributed by atoms with E-state index in [9.17, 15) is 18.4 Å². The standard InChI is InChI=1S/C16H20F2N2O2/c1-2-14(12-9-11(17)6-7-13(12)18)19-15(21)10-20-8-4-3-5-16(20)22/h6-7,9,14H,2-5,8,10H2,1H3,(H,19,21). The molecule has 1 aliphatic heterocycles. The maximum atomic E-state index is 13.8. The summed E-state index contributed by atoms with van der Waals surface area (Å²) in [5.74, 6) is -1.49. The Morgan fingerprint density at radius 3 is 2.82 bits per heavy atom. The lowest BCUT2D eigenvalue weighted by atomic mass is 10.0. The highest BCUT2D eigenvalue weighted by Gasteiger charge is 2.23. The molecule has 1 aliphatic rings. The molecule has 0 aliphatic carbocycles. The number of nitrogens with one attached hydrogen (secondary N) is 1. The minimum absolute atomic E-state index is 0.0354. The first-order valence-electron chi connectivity index (χ1n) is 7.53. The van der Waals surface area contributed by atoms with Crippen LogP contribution in [0.1, 0.15) is 44.2 Å². The van der Waals surface area contributed by atoms with Crippen molar-refractivity contribution in [1.82, 2.24) is 10.2 Å². The number of carbonyl (C=O) groups excluding carboxylic acids is 2. The van der Waals surface area contributed by atoms with Gasteiger partial charge in [-0.25, -0.2) is 8.78 Å². The fourth-order valence-electron chi connectivity index (χ4n) is 2.62. The van der Waals surface area contributed by atoms with Gasteiger partial charge in [-0.05, 0) is 37.5 Å². The van der Waals surface area contributed by atoms with Gasteiger partial charge in [-0.3, -0.25) is 9.59 Å². The third kappa shape index (κ3) is 4.02. The number of rotatable bonds is 5. The van der Waals surface area contributed by atoms with Crippen LogP contribution in [0, 0.1) is 11.6 Å². The van der Waals surface area contributed by atoms with Crippen LogP contribution < -0.4 is 5.32 Å². The fourth-order valence-corrected chi connectivity index (χ4v) is 2.62. The summed E-state index contributed by atoms with van der Waals surface area (Å²) in [4.78, 5) is 25.3. The monoisotopic (exact) mass is 310 g/mol. The molecule has 1 unspecified atom stereocenters. The van der Waals surface area contributed by atoms with Gasteiger partial charge in [0.2, 0.25) is 11.8 Å². The molecule has 0 spiro atoms. The number of benzene rings is 1. The molecule has 6 heteroatoms. The molecule has 1 heterocycles. The zero-order valence-electron chi connectivity index (χ0n) is 12.6. The molecule has 1 fully saturated rings. The van der Waals surface area contributed by atoms with Crippen LogP contribution in [-0.2, 0) is 9.59 Å². The highest BCUT2D eigenvalue weighted by Crippen LogP contribution is 2.21. The molecule has 0 radical (unpaired) electrons. The van der Waals surface area contributed by atoms with Gasteiger partial charge in [0.15, 0.2) is 0 Å². The molecule has 1 aromatic rings. The third-order valence-corrected chi connectivity index (χ3v) is 3.83. The van der Waals surface area contributed by atoms with Crippen molar-refractivity contribution in [3.8, 4) is 0 Å². The van der Waals surface area contributed by atoms with E-state index in [4.69, 9.17) is 0 Å². The smallest absolute Gasteiger partial charge is 0.240 e. The second-order valence-electron chi connectivity index (χ2n) is 5.47. The van der Waals surface area contributed by atoms with Crippen LogP contribution in [0.25, 0.3) is 0 Å². The molecule has 0 aromatic heterocycles. The first-order valence-corrected chi connectivity index (χ1v) is 7.53. The molecule has 120 valence electrons. The zero-order valence-corrected chi connectivity index (χ0v) is 12.6. The summed E-state index contributed by atoms with van der Waals surface area (Å²) in [5, 5.41) is 2.68. The van der Waals surface area contributed by atoms with Gasteiger partial charge >= 0.3 is 0 Å². The average molecular weight is 310 g/mol. The molecule has 0 bridgehead atoms. The molecule has 0 saturated carbocycles. The maximum Gasteiger partial charge on any atom is 0.240 e. The number of hydrogen-bond donors (Lipinski definition) is 1. The van der Waals surface area contributed by atoms with Crippen LogP contribution in [-0.4, -0.2) is 29.8 Å². The second-order valence-corrected chi connectivity index (χ2v) is 5.47. The number of nitrogens with zero attached hydrogens (tertiary/aromatic N) is 1. The number of hydrogen-bond acceptors (Lipinski definition) is 2. The van der Waals surface area contributed by atoms with Crippen LogP contribution in [0.3, 0.4) is 0 Å². The minimum atomic E-state index is -0.608. The number of piperidine rings is 1. The van der Waals surface area contributed by atoms with E-state index in [1.165, 1.54) is 4.90 Å². The molecule has 2 rings (SSSR count). The van der Waals surface area contributed by atoms with Crippen LogP contribution in [0.5, 0.6) is 0 Å². The predicted molar refractivity (Wildman–Crippen MR) is 78.0 cm³/mol. The van der Waals surface area contributed by atoms with E-state index in [2.05, 4.69) is 5.32 Å². The number of carbonyl (C=O) groups is 2. The van der Waals surface area contributed by atoms with Gasteiger partial charge in [-0.2, -0.15) is 0 Å². The molecular weight excluding hydrogens is 290 g/mol. The van der Waals surface area contributed by atoms with Gasteiger partial charge < -0.3 is 10.2 Å². The first kappa shape index (κ1) is 16.4. The van der Waals surface area contributed by atoms with Crippen molar-refractivity contribution in [2.24, 2.45) is 0 Å². The highest BCUT2D eigenvalue weighted by atomic mass is 19.1. The van der Waals surface area contributed by atoms with Crippen molar-refractivity contribution in [3.05, 3.63) is 35.4 Å². The van der Waals surface area contributed by atoms with Crippen molar-refractivity contribution in [3.63, 3.8) is 0 Å². The quantitative estimate of drug-likeness (QED) is 0.908. The topological polar surface area (TPSA) is 49.4 Å². The predicted octanol–water partition coefficient (Wildman–Crippen LogP) is 2.54. The number of amides is 2. The summed E-state index contributed by atoms with van der Waals surface area (Å²) in [7, 11) is 0. The van der Waals surface area contributed by atoms with Crippen molar-refractivity contribution >= 4 is 11.8 Å².